The van der Waals surface area contributed by atoms with Gasteiger partial charge in [0.15, 0.2) is 0 Å². The van der Waals surface area contributed by atoms with E-state index in [2.05, 4.69) is 4.40 Å². The fraction of sp³-hybridized carbons (Fsp3) is 0.833. The van der Waals surface area contributed by atoms with Gasteiger partial charge in [0.1, 0.15) is 11.0 Å². The molecule has 3 atom stereocenters. The van der Waals surface area contributed by atoms with Gasteiger partial charge in [-0.15, -0.1) is 0 Å². The first-order valence-corrected chi connectivity index (χ1v) is 7.08. The Kier molecular flexibility index (Phi) is 4.86. The molecule has 0 heterocycles. The molecule has 0 N–H and O–H groups in total. The molecule has 1 saturated carbocycles. The second-order valence-corrected chi connectivity index (χ2v) is 7.17. The molecular formula is C12H21NO3S. The maximum atomic E-state index is 11.6. The van der Waals surface area contributed by atoms with E-state index < -0.39 is 11.0 Å². The van der Waals surface area contributed by atoms with Gasteiger partial charge in [0.25, 0.3) is 0 Å². The van der Waals surface area contributed by atoms with Crippen LogP contribution in [-0.4, -0.2) is 27.7 Å². The standard InChI is InChI=1S/C12H21NO3S/c1-5-16-11(14)10-8-9(10)6-7-13-17(15)12(2,3)4/h7,9-10H,5-6,8H2,1-4H3/t9-,10+,17+/m0/s1. The fourth-order valence-electron chi connectivity index (χ4n) is 1.45. The Labute approximate surface area is 105 Å². The molecule has 0 aliphatic heterocycles. The molecule has 0 spiro atoms. The van der Waals surface area contributed by atoms with Crippen molar-refractivity contribution in [2.24, 2.45) is 16.2 Å². The van der Waals surface area contributed by atoms with E-state index in [4.69, 9.17) is 4.74 Å². The molecule has 1 aliphatic rings. The summed E-state index contributed by atoms with van der Waals surface area (Å²) in [6, 6.07) is 0. The molecule has 0 aromatic rings. The SMILES string of the molecule is CCOC(=O)[C@@H]1C[C@@H]1CC=N[S@](=O)C(C)(C)C. The zero-order valence-corrected chi connectivity index (χ0v) is 11.8. The summed E-state index contributed by atoms with van der Waals surface area (Å²) in [5, 5.41) is 0. The second-order valence-electron chi connectivity index (χ2n) is 5.24. The molecule has 0 bridgehead atoms. The van der Waals surface area contributed by atoms with Crippen molar-refractivity contribution in [3.05, 3.63) is 0 Å². The lowest BCUT2D eigenvalue weighted by molar-refractivity contribution is -0.145. The van der Waals surface area contributed by atoms with E-state index in [0.717, 1.165) is 6.42 Å². The number of carbonyl (C=O) groups is 1. The van der Waals surface area contributed by atoms with Gasteiger partial charge >= 0.3 is 5.97 Å². The largest absolute Gasteiger partial charge is 0.466 e. The molecule has 0 amide bonds. The van der Waals surface area contributed by atoms with Crippen LogP contribution in [0.1, 0.15) is 40.5 Å². The lowest BCUT2D eigenvalue weighted by Gasteiger charge is -2.12. The molecule has 5 heteroatoms. The Balaban J connectivity index is 2.28. The Hall–Kier alpha value is -0.710. The lowest BCUT2D eigenvalue weighted by atomic mass is 10.2. The molecular weight excluding hydrogens is 238 g/mol. The van der Waals surface area contributed by atoms with E-state index in [9.17, 15) is 9.00 Å². The average Bonchev–Trinajstić information content (AvgIpc) is 2.96. The highest BCUT2D eigenvalue weighted by molar-refractivity contribution is 7.85. The number of esters is 1. The number of ether oxygens (including phenoxy) is 1. The maximum absolute atomic E-state index is 11.6. The van der Waals surface area contributed by atoms with Crippen molar-refractivity contribution in [3.63, 3.8) is 0 Å². The number of hydrogen-bond donors (Lipinski definition) is 0. The molecule has 17 heavy (non-hydrogen) atoms. The van der Waals surface area contributed by atoms with Crippen LogP contribution in [0.4, 0.5) is 0 Å². The van der Waals surface area contributed by atoms with E-state index in [-0.39, 0.29) is 16.6 Å². The average molecular weight is 259 g/mol. The Morgan fingerprint density at radius 1 is 1.53 bits per heavy atom. The molecule has 1 aliphatic carbocycles. The lowest BCUT2D eigenvalue weighted by Crippen LogP contribution is -2.19. The normalized spacial score (nSPS) is 25.9. The van der Waals surface area contributed by atoms with Gasteiger partial charge in [-0.1, -0.05) is 0 Å². The third-order valence-corrected chi connectivity index (χ3v) is 4.00. The van der Waals surface area contributed by atoms with E-state index in [0.29, 0.717) is 18.9 Å². The van der Waals surface area contributed by atoms with E-state index >= 15 is 0 Å². The third-order valence-electron chi connectivity index (χ3n) is 2.61. The Morgan fingerprint density at radius 2 is 2.18 bits per heavy atom. The minimum absolute atomic E-state index is 0.0319. The van der Waals surface area contributed by atoms with E-state index in [1.54, 1.807) is 6.21 Å². The molecule has 0 aromatic heterocycles. The number of carbonyl (C=O) groups excluding carboxylic acids is 1. The van der Waals surface area contributed by atoms with Crippen molar-refractivity contribution in [2.45, 2.75) is 45.3 Å². The molecule has 98 valence electrons. The van der Waals surface area contributed by atoms with Crippen LogP contribution < -0.4 is 0 Å². The van der Waals surface area contributed by atoms with Crippen LogP contribution in [0, 0.1) is 11.8 Å². The summed E-state index contributed by atoms with van der Waals surface area (Å²) < 4.78 is 20.2. The van der Waals surface area contributed by atoms with Crippen molar-refractivity contribution >= 4 is 23.2 Å². The first-order valence-electron chi connectivity index (χ1n) is 5.97. The number of hydrogen-bond acceptors (Lipinski definition) is 3. The van der Waals surface area contributed by atoms with Crippen LogP contribution in [-0.2, 0) is 20.5 Å². The first-order chi connectivity index (χ1) is 7.86. The quantitative estimate of drug-likeness (QED) is 0.561. The van der Waals surface area contributed by atoms with E-state index in [1.807, 2.05) is 27.7 Å². The maximum Gasteiger partial charge on any atom is 0.309 e. The van der Waals surface area contributed by atoms with Gasteiger partial charge in [-0.3, -0.25) is 4.79 Å². The van der Waals surface area contributed by atoms with Crippen LogP contribution in [0.25, 0.3) is 0 Å². The van der Waals surface area contributed by atoms with Gasteiger partial charge in [0, 0.05) is 6.21 Å². The second kappa shape index (κ2) is 5.76. The summed E-state index contributed by atoms with van der Waals surface area (Å²) >= 11 is 0. The highest BCUT2D eigenvalue weighted by Gasteiger charge is 2.43. The summed E-state index contributed by atoms with van der Waals surface area (Å²) in [5.74, 6) is 0.252. The number of rotatable bonds is 5. The van der Waals surface area contributed by atoms with Crippen molar-refractivity contribution in [3.8, 4) is 0 Å². The van der Waals surface area contributed by atoms with Crippen LogP contribution in [0.15, 0.2) is 4.40 Å². The van der Waals surface area contributed by atoms with Crippen LogP contribution in [0.5, 0.6) is 0 Å². The van der Waals surface area contributed by atoms with Gasteiger partial charge in [-0.2, -0.15) is 4.40 Å². The van der Waals surface area contributed by atoms with Crippen molar-refractivity contribution in [1.29, 1.82) is 0 Å². The fourth-order valence-corrected chi connectivity index (χ4v) is 1.99. The van der Waals surface area contributed by atoms with Gasteiger partial charge in [0.2, 0.25) is 0 Å². The predicted molar refractivity (Wildman–Crippen MR) is 69.2 cm³/mol. The summed E-state index contributed by atoms with van der Waals surface area (Å²) in [7, 11) is -1.20. The zero-order chi connectivity index (χ0) is 13.1. The van der Waals surface area contributed by atoms with Crippen molar-refractivity contribution in [1.82, 2.24) is 0 Å². The monoisotopic (exact) mass is 259 g/mol. The minimum Gasteiger partial charge on any atom is -0.466 e. The summed E-state index contributed by atoms with van der Waals surface area (Å²) in [6.07, 6.45) is 3.27. The summed E-state index contributed by atoms with van der Waals surface area (Å²) in [4.78, 5) is 11.3. The minimum atomic E-state index is -1.20. The highest BCUT2D eigenvalue weighted by Crippen LogP contribution is 2.41. The first kappa shape index (κ1) is 14.4. The van der Waals surface area contributed by atoms with Gasteiger partial charge in [-0.05, 0) is 46.5 Å². The molecule has 0 saturated heterocycles. The molecule has 4 nitrogen and oxygen atoms in total. The molecule has 0 aromatic carbocycles. The summed E-state index contributed by atoms with van der Waals surface area (Å²) in [5.41, 5.74) is 0. The van der Waals surface area contributed by atoms with Crippen molar-refractivity contribution < 1.29 is 13.7 Å². The summed E-state index contributed by atoms with van der Waals surface area (Å²) in [6.45, 7) is 7.91. The highest BCUT2D eigenvalue weighted by atomic mass is 32.2. The Bertz CT molecular complexity index is 333. The molecule has 0 radical (unpaired) electrons. The van der Waals surface area contributed by atoms with Gasteiger partial charge in [-0.25, -0.2) is 4.21 Å². The number of nitrogens with zero attached hydrogens (tertiary/aromatic N) is 1. The van der Waals surface area contributed by atoms with E-state index in [1.165, 1.54) is 0 Å². The van der Waals surface area contributed by atoms with Crippen LogP contribution in [0.2, 0.25) is 0 Å². The van der Waals surface area contributed by atoms with Crippen LogP contribution in [0.3, 0.4) is 0 Å². The third kappa shape index (κ3) is 4.58. The molecule has 1 rings (SSSR count). The molecule has 1 fully saturated rings. The topological polar surface area (TPSA) is 55.7 Å². The van der Waals surface area contributed by atoms with Crippen LogP contribution >= 0.6 is 0 Å². The smallest absolute Gasteiger partial charge is 0.309 e. The van der Waals surface area contributed by atoms with Gasteiger partial charge in [0.05, 0.1) is 17.3 Å². The Morgan fingerprint density at radius 3 is 2.71 bits per heavy atom. The predicted octanol–water partition coefficient (Wildman–Crippen LogP) is 2.11. The molecule has 0 unspecified atom stereocenters. The van der Waals surface area contributed by atoms with Gasteiger partial charge < -0.3 is 4.74 Å². The van der Waals surface area contributed by atoms with Crippen molar-refractivity contribution in [2.75, 3.05) is 6.61 Å². The zero-order valence-electron chi connectivity index (χ0n) is 10.9.